The SMILES string of the molecule is CC(C)C[C@H](NC(=O)[C@H](CC(C)C)NC(=O)[C@H](CC(C)C)NC(=O)[C@H](CCC(=O)O)NC(=O)[C@H](CCC(=O)O)NC(=O)CN)C(=O)N[C@@H](CCCCN)C(=O)N[C@@H](CCCCN)C(=O)O. The first-order valence-electron chi connectivity index (χ1n) is 22.3. The number of amides is 7. The first-order chi connectivity index (χ1) is 30.4. The summed E-state index contributed by atoms with van der Waals surface area (Å²) in [5.74, 6) is -10.2. The number of carboxylic acid groups (broad SMARTS) is 3. The molecule has 7 atom stereocenters. The molecule has 65 heavy (non-hydrogen) atoms. The van der Waals surface area contributed by atoms with Crippen LogP contribution in [0.4, 0.5) is 0 Å². The van der Waals surface area contributed by atoms with E-state index in [1.807, 2.05) is 13.8 Å². The lowest BCUT2D eigenvalue weighted by molar-refractivity contribution is -0.142. The van der Waals surface area contributed by atoms with Crippen molar-refractivity contribution in [3.8, 4) is 0 Å². The maximum Gasteiger partial charge on any atom is 0.326 e. The van der Waals surface area contributed by atoms with Gasteiger partial charge in [0.2, 0.25) is 41.4 Å². The van der Waals surface area contributed by atoms with Gasteiger partial charge in [-0.2, -0.15) is 0 Å². The second kappa shape index (κ2) is 32.3. The van der Waals surface area contributed by atoms with Gasteiger partial charge in [-0.15, -0.1) is 0 Å². The molecule has 0 saturated heterocycles. The minimum atomic E-state index is -1.57. The largest absolute Gasteiger partial charge is 0.481 e. The summed E-state index contributed by atoms with van der Waals surface area (Å²) in [5.41, 5.74) is 16.5. The van der Waals surface area contributed by atoms with Crippen LogP contribution in [-0.2, 0) is 47.9 Å². The molecule has 0 radical (unpaired) electrons. The zero-order chi connectivity index (χ0) is 49.8. The molecule has 0 aliphatic rings. The summed E-state index contributed by atoms with van der Waals surface area (Å²) in [6, 6.07) is -9.22. The molecule has 23 heteroatoms. The second-order valence-corrected chi connectivity index (χ2v) is 17.4. The average molecular weight is 929 g/mol. The second-order valence-electron chi connectivity index (χ2n) is 17.4. The van der Waals surface area contributed by atoms with Crippen LogP contribution in [-0.4, -0.2) is 137 Å². The molecule has 23 nitrogen and oxygen atoms in total. The van der Waals surface area contributed by atoms with E-state index in [4.69, 9.17) is 22.3 Å². The van der Waals surface area contributed by atoms with Gasteiger partial charge in [0, 0.05) is 12.8 Å². The van der Waals surface area contributed by atoms with Crippen LogP contribution in [0.25, 0.3) is 0 Å². The van der Waals surface area contributed by atoms with Gasteiger partial charge in [-0.3, -0.25) is 43.2 Å². The van der Waals surface area contributed by atoms with E-state index in [0.29, 0.717) is 38.8 Å². The summed E-state index contributed by atoms with van der Waals surface area (Å²) in [4.78, 5) is 129. The van der Waals surface area contributed by atoms with Crippen molar-refractivity contribution in [3.63, 3.8) is 0 Å². The van der Waals surface area contributed by atoms with Gasteiger partial charge in [0.25, 0.3) is 0 Å². The molecule has 0 aliphatic carbocycles. The molecule has 16 N–H and O–H groups in total. The molecule has 0 aromatic rings. The maximum atomic E-state index is 14.1. The predicted molar refractivity (Wildman–Crippen MR) is 238 cm³/mol. The Kier molecular flexibility index (Phi) is 29.6. The van der Waals surface area contributed by atoms with E-state index in [-0.39, 0.29) is 56.3 Å². The monoisotopic (exact) mass is 929 g/mol. The highest BCUT2D eigenvalue weighted by Crippen LogP contribution is 2.13. The van der Waals surface area contributed by atoms with E-state index in [1.54, 1.807) is 27.7 Å². The molecule has 0 bridgehead atoms. The highest BCUT2D eigenvalue weighted by Gasteiger charge is 2.35. The van der Waals surface area contributed by atoms with E-state index >= 15 is 0 Å². The summed E-state index contributed by atoms with van der Waals surface area (Å²) in [6.07, 6.45) is 0.380. The van der Waals surface area contributed by atoms with Crippen molar-refractivity contribution >= 4 is 59.3 Å². The number of hydrogen-bond acceptors (Lipinski definition) is 13. The number of hydrogen-bond donors (Lipinski definition) is 13. The molecule has 0 saturated carbocycles. The number of carboxylic acids is 3. The molecule has 0 aromatic heterocycles. The molecule has 0 fully saturated rings. The van der Waals surface area contributed by atoms with Crippen LogP contribution >= 0.6 is 0 Å². The van der Waals surface area contributed by atoms with Gasteiger partial charge in [0.15, 0.2) is 0 Å². The van der Waals surface area contributed by atoms with Crippen molar-refractivity contribution in [1.29, 1.82) is 0 Å². The molecule has 0 heterocycles. The molecular weight excluding hydrogens is 853 g/mol. The van der Waals surface area contributed by atoms with Gasteiger partial charge in [-0.25, -0.2) is 4.79 Å². The summed E-state index contributed by atoms with van der Waals surface area (Å²) in [5, 5.41) is 46.0. The van der Waals surface area contributed by atoms with Crippen molar-refractivity contribution in [3.05, 3.63) is 0 Å². The third kappa shape index (κ3) is 26.2. The topological polar surface area (TPSA) is 394 Å². The Balaban J connectivity index is 6.55. The van der Waals surface area contributed by atoms with Crippen LogP contribution in [0.15, 0.2) is 0 Å². The molecule has 0 unspecified atom stereocenters. The average Bonchev–Trinajstić information content (AvgIpc) is 3.21. The Morgan fingerprint density at radius 3 is 0.954 bits per heavy atom. The molecule has 372 valence electrons. The molecule has 0 aliphatic heterocycles. The Hall–Kier alpha value is -5.42. The van der Waals surface area contributed by atoms with E-state index in [0.717, 1.165) is 0 Å². The summed E-state index contributed by atoms with van der Waals surface area (Å²) in [6.45, 7) is 10.8. The van der Waals surface area contributed by atoms with Gasteiger partial charge in [-0.1, -0.05) is 41.5 Å². The van der Waals surface area contributed by atoms with Crippen molar-refractivity contribution in [2.24, 2.45) is 35.0 Å². The highest BCUT2D eigenvalue weighted by atomic mass is 16.4. The van der Waals surface area contributed by atoms with Crippen LogP contribution in [0, 0.1) is 17.8 Å². The maximum absolute atomic E-state index is 14.1. The Morgan fingerprint density at radius 2 is 0.662 bits per heavy atom. The first-order valence-corrected chi connectivity index (χ1v) is 22.3. The molecular formula is C42H76N10O13. The fourth-order valence-corrected chi connectivity index (χ4v) is 6.58. The highest BCUT2D eigenvalue weighted by molar-refractivity contribution is 5.97. The van der Waals surface area contributed by atoms with Gasteiger partial charge in [0.05, 0.1) is 6.54 Å². The van der Waals surface area contributed by atoms with Crippen LogP contribution in [0.5, 0.6) is 0 Å². The summed E-state index contributed by atoms with van der Waals surface area (Å²) < 4.78 is 0. The Bertz CT molecular complexity index is 1580. The van der Waals surface area contributed by atoms with Crippen molar-refractivity contribution < 1.29 is 63.3 Å². The van der Waals surface area contributed by atoms with Gasteiger partial charge in [-0.05, 0) is 101 Å². The third-order valence-corrected chi connectivity index (χ3v) is 9.93. The van der Waals surface area contributed by atoms with Crippen LogP contribution in [0.1, 0.15) is 125 Å². The number of carbonyl (C=O) groups is 10. The molecule has 0 spiro atoms. The van der Waals surface area contributed by atoms with Crippen molar-refractivity contribution in [2.45, 2.75) is 167 Å². The lowest BCUT2D eigenvalue weighted by Gasteiger charge is -2.29. The van der Waals surface area contributed by atoms with Crippen LogP contribution in [0.2, 0.25) is 0 Å². The van der Waals surface area contributed by atoms with Crippen molar-refractivity contribution in [1.82, 2.24) is 37.2 Å². The van der Waals surface area contributed by atoms with Crippen LogP contribution in [0.3, 0.4) is 0 Å². The quantitative estimate of drug-likeness (QED) is 0.0323. The number of carbonyl (C=O) groups excluding carboxylic acids is 7. The first kappa shape index (κ1) is 59.6. The van der Waals surface area contributed by atoms with Gasteiger partial charge >= 0.3 is 17.9 Å². The van der Waals surface area contributed by atoms with E-state index < -0.39 is 127 Å². The minimum absolute atomic E-state index is 0.0166. The standard InChI is InChI=1S/C42H76N10O13/c1-23(2)19-30(39(61)47-26(11-7-9-17-43)36(58)49-29(42(64)65)12-8-10-18-44)51-41(63)32(21-25(5)6)52-40(62)31(20-24(3)4)50-38(60)28(14-16-35(56)57)48-37(59)27(13-15-34(54)55)46-33(53)22-45/h23-32H,7-22,43-45H2,1-6H3,(H,46,53)(H,47,61)(H,48,59)(H,49,58)(H,50,60)(H,51,63)(H,52,62)(H,54,55)(H,56,57)(H,64,65)/t26-,27-,28-,29-,30-,31-,32-/m0/s1. The van der Waals surface area contributed by atoms with Crippen molar-refractivity contribution in [2.75, 3.05) is 19.6 Å². The number of aliphatic carboxylic acids is 3. The lowest BCUT2D eigenvalue weighted by Crippen LogP contribution is -2.60. The molecule has 0 rings (SSSR count). The third-order valence-electron chi connectivity index (χ3n) is 9.93. The molecule has 0 aromatic carbocycles. The molecule has 7 amide bonds. The number of nitrogens with one attached hydrogen (secondary N) is 7. The predicted octanol–water partition coefficient (Wildman–Crippen LogP) is -1.45. The van der Waals surface area contributed by atoms with E-state index in [9.17, 15) is 58.2 Å². The van der Waals surface area contributed by atoms with E-state index in [1.165, 1.54) is 0 Å². The van der Waals surface area contributed by atoms with E-state index in [2.05, 4.69) is 37.2 Å². The minimum Gasteiger partial charge on any atom is -0.481 e. The van der Waals surface area contributed by atoms with Crippen LogP contribution < -0.4 is 54.4 Å². The number of unbranched alkanes of at least 4 members (excludes halogenated alkanes) is 2. The fraction of sp³-hybridized carbons (Fsp3) is 0.762. The number of nitrogens with two attached hydrogens (primary N) is 3. The Labute approximate surface area is 381 Å². The number of rotatable bonds is 35. The zero-order valence-electron chi connectivity index (χ0n) is 38.7. The fourth-order valence-electron chi connectivity index (χ4n) is 6.58. The Morgan fingerprint density at radius 1 is 0.385 bits per heavy atom. The zero-order valence-corrected chi connectivity index (χ0v) is 38.7. The lowest BCUT2D eigenvalue weighted by atomic mass is 9.98. The van der Waals surface area contributed by atoms with Gasteiger partial charge in [0.1, 0.15) is 42.3 Å². The summed E-state index contributed by atoms with van der Waals surface area (Å²) >= 11 is 0. The smallest absolute Gasteiger partial charge is 0.326 e. The summed E-state index contributed by atoms with van der Waals surface area (Å²) in [7, 11) is 0. The van der Waals surface area contributed by atoms with Gasteiger partial charge < -0.3 is 69.7 Å². The normalized spacial score (nSPS) is 14.5.